The Morgan fingerprint density at radius 2 is 1.81 bits per heavy atom. The Labute approximate surface area is 213 Å². The van der Waals surface area contributed by atoms with Gasteiger partial charge in [-0.25, -0.2) is 4.39 Å². The number of ether oxygens (including phenoxy) is 2. The molecule has 0 saturated carbocycles. The highest BCUT2D eigenvalue weighted by atomic mass is 19.1. The van der Waals surface area contributed by atoms with Crippen molar-refractivity contribution < 1.29 is 28.6 Å². The lowest BCUT2D eigenvalue weighted by Crippen LogP contribution is -2.13. The van der Waals surface area contributed by atoms with Crippen LogP contribution >= 0.6 is 0 Å². The average Bonchev–Trinajstić information content (AvgIpc) is 3.12. The van der Waals surface area contributed by atoms with Crippen molar-refractivity contribution in [2.45, 2.75) is 13.3 Å². The molecule has 0 saturated heterocycles. The van der Waals surface area contributed by atoms with Crippen molar-refractivity contribution in [3.63, 3.8) is 0 Å². The van der Waals surface area contributed by atoms with Crippen LogP contribution in [0.3, 0.4) is 0 Å². The maximum absolute atomic E-state index is 14.2. The minimum absolute atomic E-state index is 0.0548. The normalized spacial score (nSPS) is 13.4. The third-order valence-corrected chi connectivity index (χ3v) is 5.99. The molecular weight excluding hydrogens is 477 g/mol. The fraction of sp³-hybridized carbons (Fsp3) is 0.179. The predicted octanol–water partition coefficient (Wildman–Crippen LogP) is 5.09. The Morgan fingerprint density at radius 3 is 2.43 bits per heavy atom. The van der Waals surface area contributed by atoms with Gasteiger partial charge in [-0.05, 0) is 82.8 Å². The molecule has 1 amide bonds. The Balaban J connectivity index is 1.73. The molecule has 1 aliphatic carbocycles. The molecule has 1 heterocycles. The van der Waals surface area contributed by atoms with Crippen LogP contribution in [0.5, 0.6) is 11.5 Å². The number of carbonyl (C=O) groups is 2. The SMILES string of the molecule is COc1cc(/C=C2/C(C)=C(CC(=O)Nc3cccnc3)c3cc(F)ccc32)cc(OC)c1NCC(=O)O. The third kappa shape index (κ3) is 5.61. The number of nitrogens with one attached hydrogen (secondary N) is 2. The lowest BCUT2D eigenvalue weighted by molar-refractivity contribution is -0.135. The van der Waals surface area contributed by atoms with Crippen LogP contribution in [0.25, 0.3) is 17.2 Å². The number of fused-ring (bicyclic) bond motifs is 1. The molecule has 190 valence electrons. The quantitative estimate of drug-likeness (QED) is 0.373. The Kier molecular flexibility index (Phi) is 7.52. The summed E-state index contributed by atoms with van der Waals surface area (Å²) in [5.41, 5.74) is 5.57. The molecule has 9 heteroatoms. The van der Waals surface area contributed by atoms with Crippen LogP contribution in [0.1, 0.15) is 30.0 Å². The van der Waals surface area contributed by atoms with Crippen molar-refractivity contribution in [3.8, 4) is 11.5 Å². The molecule has 3 N–H and O–H groups in total. The molecule has 2 aromatic carbocycles. The van der Waals surface area contributed by atoms with E-state index in [1.807, 2.05) is 13.0 Å². The third-order valence-electron chi connectivity index (χ3n) is 5.99. The highest BCUT2D eigenvalue weighted by Gasteiger charge is 2.26. The summed E-state index contributed by atoms with van der Waals surface area (Å²) in [5, 5.41) is 14.7. The van der Waals surface area contributed by atoms with E-state index in [0.717, 1.165) is 27.8 Å². The summed E-state index contributed by atoms with van der Waals surface area (Å²) in [5.74, 6) is -0.845. The number of rotatable bonds is 9. The topological polar surface area (TPSA) is 110 Å². The number of halogens is 1. The van der Waals surface area contributed by atoms with Gasteiger partial charge in [0.05, 0.1) is 32.5 Å². The fourth-order valence-corrected chi connectivity index (χ4v) is 4.30. The van der Waals surface area contributed by atoms with Gasteiger partial charge in [-0.15, -0.1) is 0 Å². The largest absolute Gasteiger partial charge is 0.494 e. The molecule has 0 unspecified atom stereocenters. The second kappa shape index (κ2) is 10.9. The van der Waals surface area contributed by atoms with E-state index in [-0.39, 0.29) is 18.9 Å². The van der Waals surface area contributed by atoms with Gasteiger partial charge in [0, 0.05) is 6.20 Å². The molecule has 0 spiro atoms. The minimum atomic E-state index is -1.02. The number of hydrogen-bond donors (Lipinski definition) is 3. The maximum Gasteiger partial charge on any atom is 0.322 e. The Hall–Kier alpha value is -4.66. The number of methoxy groups -OCH3 is 2. The van der Waals surface area contributed by atoms with Crippen LogP contribution in [0.15, 0.2) is 60.4 Å². The number of benzene rings is 2. The maximum atomic E-state index is 14.2. The first-order chi connectivity index (χ1) is 17.8. The highest BCUT2D eigenvalue weighted by Crippen LogP contribution is 2.45. The number of carboxylic acids is 1. The summed E-state index contributed by atoms with van der Waals surface area (Å²) in [6, 6.07) is 11.5. The second-order valence-corrected chi connectivity index (χ2v) is 8.37. The van der Waals surface area contributed by atoms with Gasteiger partial charge < -0.3 is 25.2 Å². The number of anilines is 2. The van der Waals surface area contributed by atoms with E-state index in [1.54, 1.807) is 42.7 Å². The molecule has 3 aromatic rings. The number of aliphatic carboxylic acids is 1. The van der Waals surface area contributed by atoms with E-state index >= 15 is 0 Å². The first kappa shape index (κ1) is 25.4. The zero-order chi connectivity index (χ0) is 26.5. The molecule has 0 atom stereocenters. The molecule has 0 bridgehead atoms. The summed E-state index contributed by atoms with van der Waals surface area (Å²) in [6.07, 6.45) is 5.14. The first-order valence-corrected chi connectivity index (χ1v) is 11.4. The minimum Gasteiger partial charge on any atom is -0.494 e. The van der Waals surface area contributed by atoms with Crippen LogP contribution in [0, 0.1) is 5.82 Å². The molecule has 0 aliphatic heterocycles. The Morgan fingerprint density at radius 1 is 1.08 bits per heavy atom. The van der Waals surface area contributed by atoms with Gasteiger partial charge in [0.15, 0.2) is 0 Å². The van der Waals surface area contributed by atoms with Gasteiger partial charge in [0.2, 0.25) is 5.91 Å². The van der Waals surface area contributed by atoms with Crippen LogP contribution in [-0.4, -0.2) is 42.7 Å². The van der Waals surface area contributed by atoms with E-state index in [2.05, 4.69) is 15.6 Å². The van der Waals surface area contributed by atoms with Gasteiger partial charge in [-0.3, -0.25) is 14.6 Å². The van der Waals surface area contributed by atoms with Gasteiger partial charge in [0.1, 0.15) is 29.5 Å². The summed E-state index contributed by atoms with van der Waals surface area (Å²) in [7, 11) is 2.96. The van der Waals surface area contributed by atoms with Gasteiger partial charge in [-0.2, -0.15) is 0 Å². The fourth-order valence-electron chi connectivity index (χ4n) is 4.30. The van der Waals surface area contributed by atoms with E-state index in [9.17, 15) is 14.0 Å². The monoisotopic (exact) mass is 503 g/mol. The molecule has 1 aliphatic rings. The summed E-state index contributed by atoms with van der Waals surface area (Å²) in [6.45, 7) is 1.59. The number of carbonyl (C=O) groups excluding carboxylic acids is 1. The zero-order valence-corrected chi connectivity index (χ0v) is 20.6. The lowest BCUT2D eigenvalue weighted by atomic mass is 10.00. The second-order valence-electron chi connectivity index (χ2n) is 8.37. The number of carboxylic acid groups (broad SMARTS) is 1. The summed E-state index contributed by atoms with van der Waals surface area (Å²) < 4.78 is 25.2. The predicted molar refractivity (Wildman–Crippen MR) is 140 cm³/mol. The van der Waals surface area contributed by atoms with Crippen molar-refractivity contribution in [1.29, 1.82) is 0 Å². The highest BCUT2D eigenvalue weighted by molar-refractivity contribution is 6.10. The van der Waals surface area contributed by atoms with E-state index in [4.69, 9.17) is 14.6 Å². The Bertz CT molecular complexity index is 1390. The first-order valence-electron chi connectivity index (χ1n) is 11.4. The van der Waals surface area contributed by atoms with Crippen molar-refractivity contribution in [2.75, 3.05) is 31.4 Å². The van der Waals surface area contributed by atoms with E-state index in [0.29, 0.717) is 28.4 Å². The van der Waals surface area contributed by atoms with Gasteiger partial charge in [-0.1, -0.05) is 6.07 Å². The van der Waals surface area contributed by atoms with Crippen LogP contribution < -0.4 is 20.1 Å². The molecule has 1 aromatic heterocycles. The van der Waals surface area contributed by atoms with Crippen molar-refractivity contribution >= 4 is 40.5 Å². The van der Waals surface area contributed by atoms with Crippen LogP contribution in [-0.2, 0) is 9.59 Å². The number of aromatic nitrogens is 1. The number of pyridine rings is 1. The average molecular weight is 504 g/mol. The number of amides is 1. The van der Waals surface area contributed by atoms with Crippen molar-refractivity contribution in [3.05, 3.63) is 82.9 Å². The molecule has 0 fully saturated rings. The van der Waals surface area contributed by atoms with Crippen molar-refractivity contribution in [1.82, 2.24) is 4.98 Å². The van der Waals surface area contributed by atoms with Crippen molar-refractivity contribution in [2.24, 2.45) is 0 Å². The molecule has 0 radical (unpaired) electrons. The summed E-state index contributed by atoms with van der Waals surface area (Å²) >= 11 is 0. The number of allylic oxidation sites excluding steroid dienone is 2. The molecular formula is C28H26FN3O5. The van der Waals surface area contributed by atoms with Crippen LogP contribution in [0.2, 0.25) is 0 Å². The standard InChI is InChI=1S/C28H26FN3O5/c1-16-21(9-17-10-24(36-2)28(25(11-17)37-3)31-15-27(34)35)20-7-6-18(29)12-23(20)22(16)13-26(33)32-19-5-4-8-30-14-19/h4-12,14,31H,13,15H2,1-3H3,(H,32,33)(H,34,35)/b21-9-. The molecule has 4 rings (SSSR count). The number of nitrogens with zero attached hydrogens (tertiary/aromatic N) is 1. The van der Waals surface area contributed by atoms with Gasteiger partial charge in [0.25, 0.3) is 0 Å². The lowest BCUT2D eigenvalue weighted by Gasteiger charge is -2.15. The zero-order valence-electron chi connectivity index (χ0n) is 20.6. The molecule has 8 nitrogen and oxygen atoms in total. The smallest absolute Gasteiger partial charge is 0.322 e. The summed E-state index contributed by atoms with van der Waals surface area (Å²) in [4.78, 5) is 27.9. The number of hydrogen-bond acceptors (Lipinski definition) is 6. The molecule has 37 heavy (non-hydrogen) atoms. The van der Waals surface area contributed by atoms with Crippen LogP contribution in [0.4, 0.5) is 15.8 Å². The van der Waals surface area contributed by atoms with Gasteiger partial charge >= 0.3 is 5.97 Å². The van der Waals surface area contributed by atoms with E-state index < -0.39 is 11.8 Å². The van der Waals surface area contributed by atoms with E-state index in [1.165, 1.54) is 26.4 Å².